The lowest BCUT2D eigenvalue weighted by Crippen LogP contribution is -2.25. The van der Waals surface area contributed by atoms with Gasteiger partial charge < -0.3 is 10.2 Å². The Morgan fingerprint density at radius 2 is 2.00 bits per heavy atom. The molecule has 0 aliphatic carbocycles. The number of nitrogens with zero attached hydrogens (tertiary/aromatic N) is 1. The molecule has 1 heterocycles. The van der Waals surface area contributed by atoms with Gasteiger partial charge in [-0.2, -0.15) is 0 Å². The molecule has 0 atom stereocenters. The fourth-order valence-corrected chi connectivity index (χ4v) is 2.04. The van der Waals surface area contributed by atoms with E-state index in [1.807, 2.05) is 6.07 Å². The molecule has 3 nitrogen and oxygen atoms in total. The minimum atomic E-state index is 0.824. The lowest BCUT2D eigenvalue weighted by molar-refractivity contribution is 0.238. The number of furan rings is 1. The molecular weight excluding hydrogens is 212 g/mol. The van der Waals surface area contributed by atoms with E-state index >= 15 is 0 Å². The number of unbranched alkanes of at least 4 members (excludes halogenated alkanes) is 3. The summed E-state index contributed by atoms with van der Waals surface area (Å²) < 4.78 is 5.40. The van der Waals surface area contributed by atoms with Crippen molar-refractivity contribution in [3.63, 3.8) is 0 Å². The first-order valence-corrected chi connectivity index (χ1v) is 6.81. The number of hydrogen-bond donors (Lipinski definition) is 1. The zero-order valence-electron chi connectivity index (χ0n) is 11.0. The third-order valence-corrected chi connectivity index (χ3v) is 2.93. The summed E-state index contributed by atoms with van der Waals surface area (Å²) in [6.45, 7) is 6.31. The summed E-state index contributed by atoms with van der Waals surface area (Å²) in [4.78, 5) is 2.47. The van der Waals surface area contributed by atoms with E-state index in [0.717, 1.165) is 31.8 Å². The number of hydrogen-bond acceptors (Lipinski definition) is 3. The van der Waals surface area contributed by atoms with Crippen LogP contribution in [0.2, 0.25) is 0 Å². The van der Waals surface area contributed by atoms with Crippen LogP contribution in [0.1, 0.15) is 44.8 Å². The first-order valence-electron chi connectivity index (χ1n) is 6.81. The van der Waals surface area contributed by atoms with E-state index in [4.69, 9.17) is 10.2 Å². The maximum absolute atomic E-state index is 5.49. The van der Waals surface area contributed by atoms with Crippen molar-refractivity contribution < 1.29 is 4.42 Å². The van der Waals surface area contributed by atoms with E-state index in [9.17, 15) is 0 Å². The fourth-order valence-electron chi connectivity index (χ4n) is 2.04. The molecule has 0 aliphatic heterocycles. The number of rotatable bonds is 10. The Kier molecular flexibility index (Phi) is 7.76. The Balaban J connectivity index is 2.18. The van der Waals surface area contributed by atoms with Gasteiger partial charge in [-0.3, -0.25) is 4.90 Å². The van der Waals surface area contributed by atoms with Gasteiger partial charge in [-0.15, -0.1) is 0 Å². The summed E-state index contributed by atoms with van der Waals surface area (Å²) in [6, 6.07) is 4.01. The van der Waals surface area contributed by atoms with Gasteiger partial charge in [0.1, 0.15) is 5.76 Å². The molecule has 0 spiro atoms. The van der Waals surface area contributed by atoms with Crippen molar-refractivity contribution in [3.05, 3.63) is 24.2 Å². The van der Waals surface area contributed by atoms with Gasteiger partial charge in [0, 0.05) is 0 Å². The quantitative estimate of drug-likeness (QED) is 0.637. The molecule has 0 saturated heterocycles. The average Bonchev–Trinajstić information content (AvgIpc) is 2.82. The van der Waals surface area contributed by atoms with Gasteiger partial charge in [0.05, 0.1) is 12.8 Å². The molecule has 0 radical (unpaired) electrons. The lowest BCUT2D eigenvalue weighted by Gasteiger charge is -2.20. The van der Waals surface area contributed by atoms with Gasteiger partial charge in [-0.05, 0) is 51.0 Å². The number of nitrogens with two attached hydrogens (primary N) is 1. The molecule has 17 heavy (non-hydrogen) atoms. The van der Waals surface area contributed by atoms with Gasteiger partial charge in [-0.1, -0.05) is 19.8 Å². The van der Waals surface area contributed by atoms with E-state index in [-0.39, 0.29) is 0 Å². The largest absolute Gasteiger partial charge is 0.468 e. The standard InChI is InChI=1S/C14H26N2O/c1-2-10-16(11-6-4-3-5-9-15)13-14-8-7-12-17-14/h7-8,12H,2-6,9-11,13,15H2,1H3. The minimum absolute atomic E-state index is 0.824. The Hall–Kier alpha value is -0.800. The third kappa shape index (κ3) is 6.49. The average molecular weight is 238 g/mol. The van der Waals surface area contributed by atoms with E-state index < -0.39 is 0 Å². The van der Waals surface area contributed by atoms with Crippen LogP contribution >= 0.6 is 0 Å². The monoisotopic (exact) mass is 238 g/mol. The summed E-state index contributed by atoms with van der Waals surface area (Å²) in [5.41, 5.74) is 5.49. The molecule has 2 N–H and O–H groups in total. The lowest BCUT2D eigenvalue weighted by atomic mass is 10.2. The highest BCUT2D eigenvalue weighted by atomic mass is 16.3. The molecule has 0 aromatic carbocycles. The smallest absolute Gasteiger partial charge is 0.117 e. The predicted octanol–water partition coefficient (Wildman–Crippen LogP) is 3.01. The molecule has 1 rings (SSSR count). The molecule has 0 unspecified atom stereocenters. The van der Waals surface area contributed by atoms with Crippen molar-refractivity contribution >= 4 is 0 Å². The van der Waals surface area contributed by atoms with E-state index in [1.165, 1.54) is 32.2 Å². The summed E-state index contributed by atoms with van der Waals surface area (Å²) in [5, 5.41) is 0. The van der Waals surface area contributed by atoms with Gasteiger partial charge in [0.2, 0.25) is 0 Å². The Morgan fingerprint density at radius 1 is 1.18 bits per heavy atom. The molecule has 3 heteroatoms. The van der Waals surface area contributed by atoms with Gasteiger partial charge in [0.25, 0.3) is 0 Å². The summed E-state index contributed by atoms with van der Waals surface area (Å²) in [7, 11) is 0. The maximum atomic E-state index is 5.49. The Morgan fingerprint density at radius 3 is 2.65 bits per heavy atom. The second kappa shape index (κ2) is 9.25. The minimum Gasteiger partial charge on any atom is -0.468 e. The molecule has 0 bridgehead atoms. The second-order valence-electron chi connectivity index (χ2n) is 4.56. The molecule has 1 aromatic rings. The maximum Gasteiger partial charge on any atom is 0.117 e. The molecular formula is C14H26N2O. The van der Waals surface area contributed by atoms with Crippen LogP contribution < -0.4 is 5.73 Å². The first kappa shape index (κ1) is 14.3. The van der Waals surface area contributed by atoms with E-state index in [2.05, 4.69) is 17.9 Å². The fraction of sp³-hybridized carbons (Fsp3) is 0.714. The molecule has 98 valence electrons. The van der Waals surface area contributed by atoms with Crippen LogP contribution in [0.4, 0.5) is 0 Å². The van der Waals surface area contributed by atoms with Crippen molar-refractivity contribution in [3.8, 4) is 0 Å². The highest BCUT2D eigenvalue weighted by Gasteiger charge is 2.06. The molecule has 0 fully saturated rings. The van der Waals surface area contributed by atoms with Crippen LogP contribution in [0.5, 0.6) is 0 Å². The zero-order valence-corrected chi connectivity index (χ0v) is 11.0. The van der Waals surface area contributed by atoms with Gasteiger partial charge in [-0.25, -0.2) is 0 Å². The molecule has 0 aliphatic rings. The van der Waals surface area contributed by atoms with Gasteiger partial charge in [0.15, 0.2) is 0 Å². The van der Waals surface area contributed by atoms with Crippen molar-refractivity contribution in [1.82, 2.24) is 4.90 Å². The SMILES string of the molecule is CCCN(CCCCCCN)Cc1ccco1. The molecule has 0 saturated carbocycles. The predicted molar refractivity (Wildman–Crippen MR) is 71.8 cm³/mol. The summed E-state index contributed by atoms with van der Waals surface area (Å²) in [5.74, 6) is 1.07. The van der Waals surface area contributed by atoms with Crippen molar-refractivity contribution in [2.45, 2.75) is 45.6 Å². The molecule has 0 amide bonds. The zero-order chi connectivity index (χ0) is 12.3. The molecule has 1 aromatic heterocycles. The first-order chi connectivity index (χ1) is 8.36. The summed E-state index contributed by atoms with van der Waals surface area (Å²) in [6.07, 6.45) is 7.92. The van der Waals surface area contributed by atoms with Crippen LogP contribution in [-0.2, 0) is 6.54 Å². The van der Waals surface area contributed by atoms with E-state index in [0.29, 0.717) is 0 Å². The van der Waals surface area contributed by atoms with Crippen LogP contribution in [0.15, 0.2) is 22.8 Å². The second-order valence-corrected chi connectivity index (χ2v) is 4.56. The van der Waals surface area contributed by atoms with Crippen LogP contribution in [0.25, 0.3) is 0 Å². The van der Waals surface area contributed by atoms with Crippen molar-refractivity contribution in [1.29, 1.82) is 0 Å². The summed E-state index contributed by atoms with van der Waals surface area (Å²) >= 11 is 0. The van der Waals surface area contributed by atoms with Crippen molar-refractivity contribution in [2.24, 2.45) is 5.73 Å². The van der Waals surface area contributed by atoms with Crippen LogP contribution in [0, 0.1) is 0 Å². The normalized spacial score (nSPS) is 11.2. The highest BCUT2D eigenvalue weighted by molar-refractivity contribution is 4.97. The van der Waals surface area contributed by atoms with Crippen LogP contribution in [-0.4, -0.2) is 24.5 Å². The Bertz CT molecular complexity index is 259. The Labute approximate surface area is 105 Å². The van der Waals surface area contributed by atoms with Crippen LogP contribution in [0.3, 0.4) is 0 Å². The topological polar surface area (TPSA) is 42.4 Å². The third-order valence-electron chi connectivity index (χ3n) is 2.93. The van der Waals surface area contributed by atoms with E-state index in [1.54, 1.807) is 6.26 Å². The highest BCUT2D eigenvalue weighted by Crippen LogP contribution is 2.08. The van der Waals surface area contributed by atoms with Crippen molar-refractivity contribution in [2.75, 3.05) is 19.6 Å². The van der Waals surface area contributed by atoms with Gasteiger partial charge >= 0.3 is 0 Å².